The molecular formula is C6H9Cl5O2. The van der Waals surface area contributed by atoms with Gasteiger partial charge < -0.3 is 4.74 Å². The van der Waals surface area contributed by atoms with Crippen molar-refractivity contribution in [3.8, 4) is 0 Å². The van der Waals surface area contributed by atoms with Crippen LogP contribution in [0.4, 0.5) is 0 Å². The fraction of sp³-hybridized carbons (Fsp3) is 0.167. The van der Waals surface area contributed by atoms with Gasteiger partial charge in [0, 0.05) is 5.57 Å². The van der Waals surface area contributed by atoms with Crippen molar-refractivity contribution in [2.24, 2.45) is 0 Å². The predicted octanol–water partition coefficient (Wildman–Crippen LogP) is 2.91. The van der Waals surface area contributed by atoms with Crippen LogP contribution in [0.25, 0.3) is 0 Å². The molecular weight excluding hydrogens is 281 g/mol. The van der Waals surface area contributed by atoms with Gasteiger partial charge in [0.2, 0.25) is 0 Å². The minimum atomic E-state index is -0.436. The molecule has 80 valence electrons. The third-order valence-corrected chi connectivity index (χ3v) is 1.19. The third kappa shape index (κ3) is 8.72. The first kappa shape index (κ1) is 23.3. The van der Waals surface area contributed by atoms with Crippen molar-refractivity contribution in [1.82, 2.24) is 0 Å². The van der Waals surface area contributed by atoms with Crippen molar-refractivity contribution >= 4 is 66.5 Å². The van der Waals surface area contributed by atoms with Gasteiger partial charge in [0.05, 0.1) is 6.26 Å². The van der Waals surface area contributed by atoms with E-state index in [1.807, 2.05) is 0 Å². The number of hydrogen-bond acceptors (Lipinski definition) is 2. The SMILES string of the molecule is Cl.Cl.Cl.Cl.O=C(Cl)C1=CCOC=C1. The number of rotatable bonds is 1. The smallest absolute Gasteiger partial charge is 0.252 e. The lowest BCUT2D eigenvalue weighted by Crippen LogP contribution is -1.97. The van der Waals surface area contributed by atoms with Gasteiger partial charge in [-0.25, -0.2) is 0 Å². The van der Waals surface area contributed by atoms with Crippen LogP contribution in [-0.4, -0.2) is 11.8 Å². The Kier molecular flexibility index (Phi) is 22.2. The summed E-state index contributed by atoms with van der Waals surface area (Å²) in [4.78, 5) is 10.4. The maximum Gasteiger partial charge on any atom is 0.252 e. The molecule has 1 rings (SSSR count). The van der Waals surface area contributed by atoms with Crippen LogP contribution in [0.3, 0.4) is 0 Å². The van der Waals surface area contributed by atoms with E-state index in [1.54, 1.807) is 12.2 Å². The van der Waals surface area contributed by atoms with Gasteiger partial charge in [0.1, 0.15) is 6.61 Å². The second-order valence-electron chi connectivity index (χ2n) is 1.57. The van der Waals surface area contributed by atoms with Gasteiger partial charge in [-0.15, -0.1) is 49.6 Å². The van der Waals surface area contributed by atoms with Gasteiger partial charge in [0.15, 0.2) is 0 Å². The second kappa shape index (κ2) is 12.4. The van der Waals surface area contributed by atoms with Crippen molar-refractivity contribution in [3.63, 3.8) is 0 Å². The molecule has 0 saturated heterocycles. The summed E-state index contributed by atoms with van der Waals surface area (Å²) in [7, 11) is 0. The lowest BCUT2D eigenvalue weighted by Gasteiger charge is -2.01. The summed E-state index contributed by atoms with van der Waals surface area (Å²) in [5.74, 6) is 0. The average Bonchev–Trinajstić information content (AvgIpc) is 1.90. The number of halogens is 5. The molecule has 0 N–H and O–H groups in total. The highest BCUT2D eigenvalue weighted by molar-refractivity contribution is 6.68. The minimum absolute atomic E-state index is 0. The first-order valence-corrected chi connectivity index (χ1v) is 2.86. The Morgan fingerprint density at radius 1 is 1.31 bits per heavy atom. The normalized spacial score (nSPS) is 11.3. The Labute approximate surface area is 106 Å². The largest absolute Gasteiger partial charge is 0.497 e. The third-order valence-electron chi connectivity index (χ3n) is 0.970. The quantitative estimate of drug-likeness (QED) is 0.694. The molecule has 0 aliphatic carbocycles. The molecule has 1 aliphatic heterocycles. The minimum Gasteiger partial charge on any atom is -0.497 e. The van der Waals surface area contributed by atoms with Crippen LogP contribution in [0.5, 0.6) is 0 Å². The van der Waals surface area contributed by atoms with Crippen LogP contribution < -0.4 is 0 Å². The maximum atomic E-state index is 10.4. The van der Waals surface area contributed by atoms with Gasteiger partial charge in [-0.2, -0.15) is 0 Å². The molecule has 2 nitrogen and oxygen atoms in total. The molecule has 0 unspecified atom stereocenters. The number of hydrogen-bond donors (Lipinski definition) is 0. The molecule has 0 radical (unpaired) electrons. The van der Waals surface area contributed by atoms with Crippen molar-refractivity contribution in [2.45, 2.75) is 0 Å². The van der Waals surface area contributed by atoms with E-state index in [-0.39, 0.29) is 49.6 Å². The molecule has 0 bridgehead atoms. The summed E-state index contributed by atoms with van der Waals surface area (Å²) in [6.07, 6.45) is 4.63. The molecule has 1 aliphatic rings. The molecule has 13 heavy (non-hydrogen) atoms. The topological polar surface area (TPSA) is 26.3 Å². The van der Waals surface area contributed by atoms with Gasteiger partial charge in [-0.05, 0) is 23.8 Å². The standard InChI is InChI=1S/C6H5ClO2.4ClH/c7-6(8)5-1-3-9-4-2-5;;;;/h1-3H,4H2;4*1H. The summed E-state index contributed by atoms with van der Waals surface area (Å²) in [6.45, 7) is 0.435. The van der Waals surface area contributed by atoms with Gasteiger partial charge in [-0.1, -0.05) is 0 Å². The highest BCUT2D eigenvalue weighted by Crippen LogP contribution is 2.06. The summed E-state index contributed by atoms with van der Waals surface area (Å²) >= 11 is 5.14. The van der Waals surface area contributed by atoms with Crippen molar-refractivity contribution in [3.05, 3.63) is 24.0 Å². The molecule has 0 spiro atoms. The maximum absolute atomic E-state index is 10.4. The highest BCUT2D eigenvalue weighted by atomic mass is 35.5. The Morgan fingerprint density at radius 2 is 1.85 bits per heavy atom. The van der Waals surface area contributed by atoms with Crippen molar-refractivity contribution in [2.75, 3.05) is 6.61 Å². The molecule has 0 fully saturated rings. The van der Waals surface area contributed by atoms with E-state index in [0.717, 1.165) is 0 Å². The molecule has 0 saturated carbocycles. The summed E-state index contributed by atoms with van der Waals surface area (Å²) in [5.41, 5.74) is 0.503. The summed E-state index contributed by atoms with van der Waals surface area (Å²) < 4.78 is 4.78. The van der Waals surface area contributed by atoms with Crippen LogP contribution in [-0.2, 0) is 9.53 Å². The molecule has 0 aromatic rings. The van der Waals surface area contributed by atoms with Crippen LogP contribution in [0.2, 0.25) is 0 Å². The van der Waals surface area contributed by atoms with E-state index in [4.69, 9.17) is 16.3 Å². The van der Waals surface area contributed by atoms with Crippen LogP contribution in [0.15, 0.2) is 24.0 Å². The zero-order valence-electron chi connectivity index (χ0n) is 6.27. The molecule has 7 heteroatoms. The Hall–Kier alpha value is 0.400. The van der Waals surface area contributed by atoms with E-state index in [1.165, 1.54) is 6.26 Å². The van der Waals surface area contributed by atoms with Crippen molar-refractivity contribution in [1.29, 1.82) is 0 Å². The van der Waals surface area contributed by atoms with Crippen LogP contribution in [0, 0.1) is 0 Å². The summed E-state index contributed by atoms with van der Waals surface area (Å²) in [5, 5.41) is -0.436. The monoisotopic (exact) mass is 288 g/mol. The van der Waals surface area contributed by atoms with Gasteiger partial charge >= 0.3 is 0 Å². The lowest BCUT2D eigenvalue weighted by atomic mass is 10.2. The van der Waals surface area contributed by atoms with E-state index in [9.17, 15) is 4.79 Å². The summed E-state index contributed by atoms with van der Waals surface area (Å²) in [6, 6.07) is 0. The molecule has 0 atom stereocenters. The van der Waals surface area contributed by atoms with E-state index in [2.05, 4.69) is 0 Å². The number of ether oxygens (including phenoxy) is 1. The predicted molar refractivity (Wildman–Crippen MR) is 63.0 cm³/mol. The van der Waals surface area contributed by atoms with E-state index < -0.39 is 5.24 Å². The lowest BCUT2D eigenvalue weighted by molar-refractivity contribution is -0.108. The van der Waals surface area contributed by atoms with Crippen molar-refractivity contribution < 1.29 is 9.53 Å². The fourth-order valence-corrected chi connectivity index (χ4v) is 0.669. The van der Waals surface area contributed by atoms with Gasteiger partial charge in [-0.3, -0.25) is 4.79 Å². The zero-order valence-corrected chi connectivity index (χ0v) is 10.3. The molecule has 1 heterocycles. The van der Waals surface area contributed by atoms with Gasteiger partial charge in [0.25, 0.3) is 5.24 Å². The fourth-order valence-electron chi connectivity index (χ4n) is 0.529. The number of allylic oxidation sites excluding steroid dienone is 2. The zero-order chi connectivity index (χ0) is 6.69. The number of carbonyl (C=O) groups excluding carboxylic acids is 1. The molecule has 0 aromatic carbocycles. The Bertz CT molecular complexity index is 189. The average molecular weight is 290 g/mol. The van der Waals surface area contributed by atoms with E-state index >= 15 is 0 Å². The Balaban J connectivity index is -0.000000101. The highest BCUT2D eigenvalue weighted by Gasteiger charge is 2.03. The van der Waals surface area contributed by atoms with E-state index in [0.29, 0.717) is 12.2 Å². The second-order valence-corrected chi connectivity index (χ2v) is 1.91. The van der Waals surface area contributed by atoms with Crippen LogP contribution >= 0.6 is 61.2 Å². The Morgan fingerprint density at radius 3 is 2.08 bits per heavy atom. The molecule has 0 amide bonds. The molecule has 0 aromatic heterocycles. The van der Waals surface area contributed by atoms with Crippen LogP contribution in [0.1, 0.15) is 0 Å². The first-order valence-electron chi connectivity index (χ1n) is 2.49. The first-order chi connectivity index (χ1) is 4.30. The number of carbonyl (C=O) groups is 1.